The minimum Gasteiger partial charge on any atom is -0.444 e. The molecule has 0 bridgehead atoms. The lowest BCUT2D eigenvalue weighted by Crippen LogP contribution is -2.38. The maximum atomic E-state index is 12.3. The van der Waals surface area contributed by atoms with Crippen molar-refractivity contribution in [1.82, 2.24) is 9.47 Å². The average molecular weight is 300 g/mol. The molecule has 2 aromatic rings. The van der Waals surface area contributed by atoms with Crippen molar-refractivity contribution in [2.75, 3.05) is 13.1 Å². The maximum absolute atomic E-state index is 12.3. The summed E-state index contributed by atoms with van der Waals surface area (Å²) in [6.07, 6.45) is 3.75. The average Bonchev–Trinajstić information content (AvgIpc) is 2.86. The largest absolute Gasteiger partial charge is 0.444 e. The van der Waals surface area contributed by atoms with Crippen LogP contribution in [0.15, 0.2) is 30.5 Å². The summed E-state index contributed by atoms with van der Waals surface area (Å²) < 4.78 is 7.84. The first kappa shape index (κ1) is 14.9. The molecule has 0 spiro atoms. The summed E-state index contributed by atoms with van der Waals surface area (Å²) >= 11 is 0. The topological polar surface area (TPSA) is 34.5 Å². The Morgan fingerprint density at radius 1 is 1.14 bits per heavy atom. The fourth-order valence-electron chi connectivity index (χ4n) is 3.04. The number of amides is 1. The minimum absolute atomic E-state index is 0.203. The molecule has 1 aliphatic rings. The third kappa shape index (κ3) is 3.11. The molecule has 4 nitrogen and oxygen atoms in total. The molecule has 0 radical (unpaired) electrons. The highest BCUT2D eigenvalue weighted by Gasteiger charge is 2.23. The van der Waals surface area contributed by atoms with Crippen molar-refractivity contribution in [3.8, 4) is 0 Å². The van der Waals surface area contributed by atoms with Gasteiger partial charge in [-0.15, -0.1) is 0 Å². The number of benzene rings is 1. The first-order chi connectivity index (χ1) is 10.4. The molecule has 3 rings (SSSR count). The van der Waals surface area contributed by atoms with Crippen molar-refractivity contribution in [3.05, 3.63) is 36.0 Å². The van der Waals surface area contributed by atoms with E-state index in [-0.39, 0.29) is 6.09 Å². The Labute approximate surface area is 131 Å². The van der Waals surface area contributed by atoms with Gasteiger partial charge in [-0.3, -0.25) is 0 Å². The highest BCUT2D eigenvalue weighted by Crippen LogP contribution is 2.23. The lowest BCUT2D eigenvalue weighted by atomic mass is 10.1. The van der Waals surface area contributed by atoms with Gasteiger partial charge in [0.25, 0.3) is 0 Å². The molecule has 0 atom stereocenters. The molecular formula is C18H24N2O2. The summed E-state index contributed by atoms with van der Waals surface area (Å²) in [6.45, 7) is 8.11. The Bertz CT molecular complexity index is 682. The van der Waals surface area contributed by atoms with Crippen molar-refractivity contribution < 1.29 is 9.53 Å². The molecule has 1 aromatic carbocycles. The second kappa shape index (κ2) is 5.67. The molecule has 0 unspecified atom stereocenters. The second-order valence-corrected chi connectivity index (χ2v) is 6.94. The summed E-state index contributed by atoms with van der Waals surface area (Å²) in [5.41, 5.74) is 2.17. The number of carbonyl (C=O) groups excluding carboxylic acids is 1. The summed E-state index contributed by atoms with van der Waals surface area (Å²) in [5, 5.41) is 1.28. The minimum atomic E-state index is -0.444. The van der Waals surface area contributed by atoms with Gasteiger partial charge in [-0.2, -0.15) is 0 Å². The number of para-hydroxylation sites is 1. The van der Waals surface area contributed by atoms with E-state index >= 15 is 0 Å². The molecule has 0 N–H and O–H groups in total. The standard InChI is InChI=1S/C18H24N2O2/c1-18(2,3)22-17(21)20-11-5-10-19-12-8-14-6-4-7-15(9-13-20)16(14)19/h4,6-8,12H,5,9-11,13H2,1-3H3. The number of aryl methyl sites for hydroxylation is 1. The molecule has 0 saturated heterocycles. The molecule has 22 heavy (non-hydrogen) atoms. The van der Waals surface area contributed by atoms with E-state index in [1.807, 2.05) is 25.7 Å². The molecule has 4 heteroatoms. The van der Waals surface area contributed by atoms with E-state index in [2.05, 4.69) is 35.0 Å². The number of carbonyl (C=O) groups is 1. The number of hydrogen-bond donors (Lipinski definition) is 0. The lowest BCUT2D eigenvalue weighted by Gasteiger charge is -2.27. The van der Waals surface area contributed by atoms with Crippen molar-refractivity contribution in [3.63, 3.8) is 0 Å². The number of ether oxygens (including phenoxy) is 1. The summed E-state index contributed by atoms with van der Waals surface area (Å²) in [5.74, 6) is 0. The number of rotatable bonds is 0. The van der Waals surface area contributed by atoms with E-state index in [1.165, 1.54) is 16.5 Å². The highest BCUT2D eigenvalue weighted by atomic mass is 16.6. The molecule has 1 amide bonds. The zero-order valence-electron chi connectivity index (χ0n) is 13.6. The van der Waals surface area contributed by atoms with Crippen molar-refractivity contribution in [2.45, 2.75) is 45.8 Å². The molecule has 1 aromatic heterocycles. The number of hydrogen-bond acceptors (Lipinski definition) is 2. The van der Waals surface area contributed by atoms with Gasteiger partial charge in [0.05, 0.1) is 5.52 Å². The second-order valence-electron chi connectivity index (χ2n) is 6.94. The summed E-state index contributed by atoms with van der Waals surface area (Å²) in [7, 11) is 0. The van der Waals surface area contributed by atoms with Gasteiger partial charge < -0.3 is 14.2 Å². The molecule has 118 valence electrons. The quantitative estimate of drug-likeness (QED) is 0.741. The van der Waals surface area contributed by atoms with Crippen LogP contribution in [0, 0.1) is 0 Å². The Morgan fingerprint density at radius 3 is 2.73 bits per heavy atom. The van der Waals surface area contributed by atoms with Crippen LogP contribution in [0.4, 0.5) is 4.79 Å². The SMILES string of the molecule is CC(C)(C)OC(=O)N1CCCn2ccc3cccc(c32)CC1. The molecule has 2 heterocycles. The van der Waals surface area contributed by atoms with Gasteiger partial charge >= 0.3 is 6.09 Å². The van der Waals surface area contributed by atoms with Gasteiger partial charge in [0.15, 0.2) is 0 Å². The predicted molar refractivity (Wildman–Crippen MR) is 88.1 cm³/mol. The Morgan fingerprint density at radius 2 is 1.95 bits per heavy atom. The van der Waals surface area contributed by atoms with Crippen LogP contribution in [0.3, 0.4) is 0 Å². The first-order valence-electron chi connectivity index (χ1n) is 7.99. The normalized spacial score (nSPS) is 16.0. The Kier molecular flexibility index (Phi) is 3.85. The van der Waals surface area contributed by atoms with Gasteiger partial charge in [0.1, 0.15) is 5.60 Å². The number of nitrogens with zero attached hydrogens (tertiary/aromatic N) is 2. The van der Waals surface area contributed by atoms with Crippen LogP contribution in [0.5, 0.6) is 0 Å². The Hall–Kier alpha value is -1.97. The van der Waals surface area contributed by atoms with Crippen LogP contribution in [-0.4, -0.2) is 34.3 Å². The van der Waals surface area contributed by atoms with E-state index in [4.69, 9.17) is 4.74 Å². The van der Waals surface area contributed by atoms with Crippen LogP contribution in [-0.2, 0) is 17.7 Å². The molecule has 0 saturated carbocycles. The number of aromatic nitrogens is 1. The van der Waals surface area contributed by atoms with Crippen LogP contribution >= 0.6 is 0 Å². The highest BCUT2D eigenvalue weighted by molar-refractivity contribution is 5.83. The van der Waals surface area contributed by atoms with Gasteiger partial charge in [0.2, 0.25) is 0 Å². The van der Waals surface area contributed by atoms with Crippen LogP contribution < -0.4 is 0 Å². The van der Waals surface area contributed by atoms with Crippen molar-refractivity contribution in [1.29, 1.82) is 0 Å². The van der Waals surface area contributed by atoms with Gasteiger partial charge in [-0.1, -0.05) is 18.2 Å². The van der Waals surface area contributed by atoms with Gasteiger partial charge in [-0.25, -0.2) is 4.79 Å². The first-order valence-corrected chi connectivity index (χ1v) is 7.99. The van der Waals surface area contributed by atoms with Crippen molar-refractivity contribution >= 4 is 17.0 Å². The van der Waals surface area contributed by atoms with Crippen LogP contribution in [0.2, 0.25) is 0 Å². The molecule has 0 aliphatic carbocycles. The smallest absolute Gasteiger partial charge is 0.410 e. The van der Waals surface area contributed by atoms with E-state index in [0.29, 0.717) is 6.54 Å². The lowest BCUT2D eigenvalue weighted by molar-refractivity contribution is 0.0249. The third-order valence-electron chi connectivity index (χ3n) is 4.00. The summed E-state index contributed by atoms with van der Waals surface area (Å²) in [6, 6.07) is 8.58. The van der Waals surface area contributed by atoms with Gasteiger partial charge in [-0.05, 0) is 50.6 Å². The van der Waals surface area contributed by atoms with Crippen molar-refractivity contribution in [2.24, 2.45) is 0 Å². The maximum Gasteiger partial charge on any atom is 0.410 e. The third-order valence-corrected chi connectivity index (χ3v) is 4.00. The zero-order valence-corrected chi connectivity index (χ0v) is 13.6. The molecular weight excluding hydrogens is 276 g/mol. The van der Waals surface area contributed by atoms with E-state index in [1.54, 1.807) is 0 Å². The van der Waals surface area contributed by atoms with Crippen LogP contribution in [0.1, 0.15) is 32.8 Å². The predicted octanol–water partition coefficient (Wildman–Crippen LogP) is 3.82. The fraction of sp³-hybridized carbons (Fsp3) is 0.500. The molecule has 1 aliphatic heterocycles. The van der Waals surface area contributed by atoms with Gasteiger partial charge in [0, 0.05) is 25.8 Å². The monoisotopic (exact) mass is 300 g/mol. The zero-order chi connectivity index (χ0) is 15.7. The fourth-order valence-corrected chi connectivity index (χ4v) is 3.04. The van der Waals surface area contributed by atoms with E-state index < -0.39 is 5.60 Å². The van der Waals surface area contributed by atoms with Crippen LogP contribution in [0.25, 0.3) is 10.9 Å². The van der Waals surface area contributed by atoms with E-state index in [9.17, 15) is 4.79 Å². The Balaban J connectivity index is 1.82. The van der Waals surface area contributed by atoms with E-state index in [0.717, 1.165) is 25.9 Å². The summed E-state index contributed by atoms with van der Waals surface area (Å²) in [4.78, 5) is 14.2. The molecule has 0 fully saturated rings.